The van der Waals surface area contributed by atoms with Crippen molar-refractivity contribution in [3.63, 3.8) is 0 Å². The maximum Gasteiger partial charge on any atom is 0.282 e. The third-order valence-electron chi connectivity index (χ3n) is 9.61. The Morgan fingerprint density at radius 3 is 2.56 bits per heavy atom. The van der Waals surface area contributed by atoms with E-state index < -0.39 is 17.6 Å². The van der Waals surface area contributed by atoms with Gasteiger partial charge < -0.3 is 10.2 Å². The van der Waals surface area contributed by atoms with Crippen molar-refractivity contribution in [2.45, 2.75) is 58.4 Å². The van der Waals surface area contributed by atoms with Crippen molar-refractivity contribution >= 4 is 17.5 Å². The van der Waals surface area contributed by atoms with E-state index in [1.807, 2.05) is 0 Å². The summed E-state index contributed by atoms with van der Waals surface area (Å²) < 4.78 is 28.6. The summed E-state index contributed by atoms with van der Waals surface area (Å²) in [6, 6.07) is 6.33. The molecule has 6 heteroatoms. The Labute approximate surface area is 188 Å². The molecule has 3 saturated carbocycles. The first-order valence-electron chi connectivity index (χ1n) is 11.9. The van der Waals surface area contributed by atoms with Gasteiger partial charge in [-0.25, -0.2) is 8.78 Å². The number of likely N-dealkylation sites (N-methyl/N-ethyl adjacent to an activating group) is 1. The van der Waals surface area contributed by atoms with Gasteiger partial charge in [0.15, 0.2) is 5.83 Å². The molecule has 0 saturated heterocycles. The molecule has 0 aromatic heterocycles. The summed E-state index contributed by atoms with van der Waals surface area (Å²) in [5.74, 6) is -0.698. The Morgan fingerprint density at radius 1 is 1.06 bits per heavy atom. The van der Waals surface area contributed by atoms with Crippen LogP contribution in [0.25, 0.3) is 0 Å². The van der Waals surface area contributed by atoms with E-state index in [1.165, 1.54) is 6.07 Å². The molecule has 172 valence electrons. The number of nitrogens with zero attached hydrogens (tertiary/aromatic N) is 1. The average molecular weight is 443 g/mol. The number of benzene rings is 1. The van der Waals surface area contributed by atoms with Gasteiger partial charge in [0.1, 0.15) is 5.82 Å². The number of fused-ring (bicyclic) bond motifs is 5. The van der Waals surface area contributed by atoms with Gasteiger partial charge in [0.25, 0.3) is 5.91 Å². The van der Waals surface area contributed by atoms with Gasteiger partial charge in [-0.2, -0.15) is 0 Å². The molecule has 0 bridgehead atoms. The number of para-hydroxylation sites is 1. The Morgan fingerprint density at radius 2 is 1.81 bits per heavy atom. The van der Waals surface area contributed by atoms with E-state index in [1.54, 1.807) is 36.2 Å². The molecule has 2 unspecified atom stereocenters. The Hall–Kier alpha value is -2.24. The summed E-state index contributed by atoms with van der Waals surface area (Å²) >= 11 is 0. The quantitative estimate of drug-likeness (QED) is 0.674. The Bertz CT molecular complexity index is 994. The van der Waals surface area contributed by atoms with E-state index in [4.69, 9.17) is 0 Å². The molecule has 1 aromatic rings. The van der Waals surface area contributed by atoms with E-state index >= 15 is 0 Å². The van der Waals surface area contributed by atoms with Crippen molar-refractivity contribution < 1.29 is 18.4 Å². The SMILES string of the molecule is CN1C(=O)C(F)=C[C@]2(C)C3CC[C@]4(C)[C@@H](C(=O)Nc5ccccc5F)CC[C@H]4C3CC[C@@H]12. The zero-order valence-corrected chi connectivity index (χ0v) is 19.0. The van der Waals surface area contributed by atoms with Gasteiger partial charge in [-0.05, 0) is 79.9 Å². The number of halogens is 2. The number of hydrogen-bond donors (Lipinski definition) is 1. The van der Waals surface area contributed by atoms with E-state index in [9.17, 15) is 18.4 Å². The van der Waals surface area contributed by atoms with Crippen molar-refractivity contribution in [1.29, 1.82) is 0 Å². The number of nitrogens with one attached hydrogen (secondary N) is 1. The van der Waals surface area contributed by atoms with Gasteiger partial charge in [0.05, 0.1) is 5.69 Å². The van der Waals surface area contributed by atoms with Crippen LogP contribution in [0.4, 0.5) is 14.5 Å². The highest BCUT2D eigenvalue weighted by Crippen LogP contribution is 2.65. The van der Waals surface area contributed by atoms with Crippen LogP contribution < -0.4 is 5.32 Å². The molecule has 1 aromatic carbocycles. The lowest BCUT2D eigenvalue weighted by molar-refractivity contribution is -0.144. The lowest BCUT2D eigenvalue weighted by Crippen LogP contribution is -2.60. The molecule has 0 radical (unpaired) electrons. The minimum atomic E-state index is -0.631. The summed E-state index contributed by atoms with van der Waals surface area (Å²) in [5, 5.41) is 2.83. The topological polar surface area (TPSA) is 49.4 Å². The molecule has 32 heavy (non-hydrogen) atoms. The number of amides is 2. The number of carbonyl (C=O) groups excluding carboxylic acids is 2. The van der Waals surface area contributed by atoms with Gasteiger partial charge in [-0.15, -0.1) is 0 Å². The third-order valence-corrected chi connectivity index (χ3v) is 9.61. The molecule has 4 aliphatic rings. The van der Waals surface area contributed by atoms with Crippen molar-refractivity contribution in [3.05, 3.63) is 42.0 Å². The summed E-state index contributed by atoms with van der Waals surface area (Å²) in [6.45, 7) is 4.35. The van der Waals surface area contributed by atoms with Crippen LogP contribution in [-0.2, 0) is 9.59 Å². The average Bonchev–Trinajstić information content (AvgIpc) is 3.11. The van der Waals surface area contributed by atoms with Crippen molar-refractivity contribution in [1.82, 2.24) is 4.90 Å². The van der Waals surface area contributed by atoms with Crippen LogP contribution in [-0.4, -0.2) is 29.8 Å². The minimum absolute atomic E-state index is 0.0293. The summed E-state index contributed by atoms with van der Waals surface area (Å²) in [4.78, 5) is 27.0. The van der Waals surface area contributed by atoms with Gasteiger partial charge >= 0.3 is 0 Å². The molecule has 3 aliphatic carbocycles. The second kappa shape index (κ2) is 7.39. The Kier molecular flexibility index (Phi) is 4.99. The van der Waals surface area contributed by atoms with Crippen LogP contribution in [0, 0.1) is 40.3 Å². The summed E-state index contributed by atoms with van der Waals surface area (Å²) in [7, 11) is 1.73. The Balaban J connectivity index is 1.40. The largest absolute Gasteiger partial charge is 0.336 e. The fraction of sp³-hybridized carbons (Fsp3) is 0.615. The van der Waals surface area contributed by atoms with Gasteiger partial charge in [-0.3, -0.25) is 9.59 Å². The highest BCUT2D eigenvalue weighted by Gasteiger charge is 2.62. The predicted octanol–water partition coefficient (Wildman–Crippen LogP) is 5.32. The molecule has 0 spiro atoms. The lowest BCUT2D eigenvalue weighted by atomic mass is 9.47. The smallest absolute Gasteiger partial charge is 0.282 e. The standard InChI is InChI=1S/C26H32F2N2O2/c1-25-13-12-17-15(8-11-22-26(17,2)14-20(28)24(32)30(22)3)16(25)9-10-18(25)23(31)29-21-7-5-4-6-19(21)27/h4-7,14-18,22H,8-13H2,1-3H3,(H,29,31)/t15?,16-,17?,18+,22+,25-,26+/m0/s1. The number of rotatable bonds is 2. The molecule has 1 N–H and O–H groups in total. The lowest BCUT2D eigenvalue weighted by Gasteiger charge is -2.60. The number of carbonyl (C=O) groups is 2. The van der Waals surface area contributed by atoms with Gasteiger partial charge in [0, 0.05) is 24.4 Å². The van der Waals surface area contributed by atoms with Crippen LogP contribution in [0.2, 0.25) is 0 Å². The molecule has 3 fully saturated rings. The second-order valence-electron chi connectivity index (χ2n) is 10.9. The normalized spacial score (nSPS) is 40.8. The minimum Gasteiger partial charge on any atom is -0.336 e. The van der Waals surface area contributed by atoms with Crippen LogP contribution in [0.1, 0.15) is 52.4 Å². The molecule has 1 heterocycles. The number of hydrogen-bond acceptors (Lipinski definition) is 2. The van der Waals surface area contributed by atoms with E-state index in [2.05, 4.69) is 19.2 Å². The first kappa shape index (κ1) is 21.6. The fourth-order valence-corrected chi connectivity index (χ4v) is 8.04. The van der Waals surface area contributed by atoms with Gasteiger partial charge in [-0.1, -0.05) is 26.0 Å². The highest BCUT2D eigenvalue weighted by molar-refractivity contribution is 5.93. The predicted molar refractivity (Wildman–Crippen MR) is 119 cm³/mol. The van der Waals surface area contributed by atoms with Crippen LogP contribution in [0.3, 0.4) is 0 Å². The number of anilines is 1. The molecule has 5 rings (SSSR count). The van der Waals surface area contributed by atoms with Crippen LogP contribution in [0.5, 0.6) is 0 Å². The third kappa shape index (κ3) is 2.97. The zero-order chi connectivity index (χ0) is 22.8. The van der Waals surface area contributed by atoms with Crippen molar-refractivity contribution in [2.24, 2.45) is 34.5 Å². The first-order valence-corrected chi connectivity index (χ1v) is 11.9. The van der Waals surface area contributed by atoms with Crippen LogP contribution in [0.15, 0.2) is 36.2 Å². The molecule has 1 aliphatic heterocycles. The first-order chi connectivity index (χ1) is 15.2. The molecular formula is C26H32F2N2O2. The molecule has 2 amide bonds. The molecule has 4 nitrogen and oxygen atoms in total. The van der Waals surface area contributed by atoms with Crippen molar-refractivity contribution in [2.75, 3.05) is 12.4 Å². The maximum absolute atomic E-state index is 14.5. The fourth-order valence-electron chi connectivity index (χ4n) is 8.04. The summed E-state index contributed by atoms with van der Waals surface area (Å²) in [5.41, 5.74) is -0.273. The second-order valence-corrected chi connectivity index (χ2v) is 10.9. The van der Waals surface area contributed by atoms with Gasteiger partial charge in [0.2, 0.25) is 5.91 Å². The van der Waals surface area contributed by atoms with E-state index in [0.29, 0.717) is 17.8 Å². The zero-order valence-electron chi connectivity index (χ0n) is 19.0. The maximum atomic E-state index is 14.5. The van der Waals surface area contributed by atoms with E-state index in [0.717, 1.165) is 38.5 Å². The highest BCUT2D eigenvalue weighted by atomic mass is 19.1. The van der Waals surface area contributed by atoms with Crippen LogP contribution >= 0.6 is 0 Å². The molecular weight excluding hydrogens is 410 g/mol. The monoisotopic (exact) mass is 442 g/mol. The molecule has 7 atom stereocenters. The summed E-state index contributed by atoms with van der Waals surface area (Å²) in [6.07, 6.45) is 7.05. The van der Waals surface area contributed by atoms with E-state index in [-0.39, 0.29) is 34.4 Å². The van der Waals surface area contributed by atoms with Crippen molar-refractivity contribution in [3.8, 4) is 0 Å².